The van der Waals surface area contributed by atoms with Gasteiger partial charge in [-0.15, -0.1) is 0 Å². The van der Waals surface area contributed by atoms with Gasteiger partial charge in [-0.3, -0.25) is 4.79 Å². The van der Waals surface area contributed by atoms with Crippen LogP contribution in [0.15, 0.2) is 53.0 Å². The number of hydrogen-bond donors (Lipinski definition) is 1. The summed E-state index contributed by atoms with van der Waals surface area (Å²) in [6.07, 6.45) is 2.89. The number of aryl methyl sites for hydroxylation is 1. The first-order chi connectivity index (χ1) is 11.1. The van der Waals surface area contributed by atoms with Crippen molar-refractivity contribution in [1.29, 1.82) is 0 Å². The van der Waals surface area contributed by atoms with E-state index in [0.29, 0.717) is 5.75 Å². The highest BCUT2D eigenvalue weighted by molar-refractivity contribution is 9.10. The molecule has 1 amide bonds. The number of carbonyl (C=O) groups excluding carboxylic acids is 1. The zero-order valence-corrected chi connectivity index (χ0v) is 15.1. The lowest BCUT2D eigenvalue weighted by atomic mass is 10.1. The number of benzene rings is 2. The van der Waals surface area contributed by atoms with Crippen LogP contribution in [0.5, 0.6) is 5.75 Å². The molecule has 1 N–H and O–H groups in total. The monoisotopic (exact) mass is 375 g/mol. The largest absolute Gasteiger partial charge is 0.481 e. The quantitative estimate of drug-likeness (QED) is 0.722. The number of halogens is 1. The first kappa shape index (κ1) is 17.5. The number of nitrogens with one attached hydrogen (secondary N) is 1. The highest BCUT2D eigenvalue weighted by Gasteiger charge is 2.14. The van der Waals surface area contributed by atoms with E-state index >= 15 is 0 Å². The summed E-state index contributed by atoms with van der Waals surface area (Å²) < 4.78 is 6.62. The van der Waals surface area contributed by atoms with E-state index in [1.54, 1.807) is 6.92 Å². The fourth-order valence-electron chi connectivity index (χ4n) is 2.15. The number of carbonyl (C=O) groups is 1. The van der Waals surface area contributed by atoms with Crippen molar-refractivity contribution < 1.29 is 9.53 Å². The second-order valence-electron chi connectivity index (χ2n) is 5.50. The van der Waals surface area contributed by atoms with Crippen molar-refractivity contribution in [1.82, 2.24) is 0 Å². The molecule has 0 aliphatic carbocycles. The Morgan fingerprint density at radius 2 is 1.78 bits per heavy atom. The van der Waals surface area contributed by atoms with Gasteiger partial charge in [-0.05, 0) is 61.7 Å². The van der Waals surface area contributed by atoms with Gasteiger partial charge < -0.3 is 10.1 Å². The maximum Gasteiger partial charge on any atom is 0.265 e. The van der Waals surface area contributed by atoms with Crippen molar-refractivity contribution in [3.05, 3.63) is 58.6 Å². The molecule has 0 fully saturated rings. The summed E-state index contributed by atoms with van der Waals surface area (Å²) in [4.78, 5) is 12.2. The second kappa shape index (κ2) is 8.73. The summed E-state index contributed by atoms with van der Waals surface area (Å²) in [6, 6.07) is 15.4. The molecule has 0 spiro atoms. The third kappa shape index (κ3) is 5.71. The van der Waals surface area contributed by atoms with Gasteiger partial charge in [0, 0.05) is 10.2 Å². The molecular weight excluding hydrogens is 354 g/mol. The van der Waals surface area contributed by atoms with Gasteiger partial charge in [0.15, 0.2) is 6.10 Å². The van der Waals surface area contributed by atoms with E-state index in [0.717, 1.165) is 16.6 Å². The molecule has 0 saturated heterocycles. The Labute approximate surface area is 146 Å². The van der Waals surface area contributed by atoms with E-state index in [-0.39, 0.29) is 5.91 Å². The molecule has 0 aliphatic heterocycles. The van der Waals surface area contributed by atoms with Crippen LogP contribution in [0.3, 0.4) is 0 Å². The smallest absolute Gasteiger partial charge is 0.265 e. The number of hydrogen-bond acceptors (Lipinski definition) is 2. The predicted octanol–water partition coefficient (Wildman–Crippen LogP) is 5.20. The van der Waals surface area contributed by atoms with Crippen molar-refractivity contribution in [3.8, 4) is 5.75 Å². The van der Waals surface area contributed by atoms with Crippen molar-refractivity contribution in [2.45, 2.75) is 39.2 Å². The molecule has 3 nitrogen and oxygen atoms in total. The lowest BCUT2D eigenvalue weighted by Crippen LogP contribution is -2.30. The molecule has 0 heterocycles. The summed E-state index contributed by atoms with van der Waals surface area (Å²) in [6.45, 7) is 3.93. The maximum absolute atomic E-state index is 12.2. The van der Waals surface area contributed by atoms with Crippen LogP contribution < -0.4 is 10.1 Å². The summed E-state index contributed by atoms with van der Waals surface area (Å²) in [7, 11) is 0. The normalized spacial score (nSPS) is 11.8. The average Bonchev–Trinajstić information content (AvgIpc) is 2.56. The maximum atomic E-state index is 12.2. The van der Waals surface area contributed by atoms with Crippen LogP contribution in [0.4, 0.5) is 5.69 Å². The van der Waals surface area contributed by atoms with E-state index in [1.807, 2.05) is 36.4 Å². The molecule has 0 saturated carbocycles. The minimum Gasteiger partial charge on any atom is -0.481 e. The molecule has 0 aliphatic rings. The van der Waals surface area contributed by atoms with E-state index < -0.39 is 6.10 Å². The van der Waals surface area contributed by atoms with Gasteiger partial charge in [-0.1, -0.05) is 41.4 Å². The number of unbranched alkanes of at least 4 members (excludes halogenated alkanes) is 1. The fourth-order valence-corrected chi connectivity index (χ4v) is 2.41. The Morgan fingerprint density at radius 3 is 2.39 bits per heavy atom. The van der Waals surface area contributed by atoms with Gasteiger partial charge in [0.25, 0.3) is 5.91 Å². The molecule has 0 unspecified atom stereocenters. The highest BCUT2D eigenvalue weighted by Crippen LogP contribution is 2.18. The molecule has 122 valence electrons. The van der Waals surface area contributed by atoms with Crippen LogP contribution in [0.1, 0.15) is 32.3 Å². The van der Waals surface area contributed by atoms with Crippen LogP contribution in [0, 0.1) is 0 Å². The van der Waals surface area contributed by atoms with Crippen LogP contribution in [-0.2, 0) is 11.2 Å². The van der Waals surface area contributed by atoms with Crippen LogP contribution in [-0.4, -0.2) is 12.0 Å². The molecule has 23 heavy (non-hydrogen) atoms. The van der Waals surface area contributed by atoms with Crippen molar-refractivity contribution in [2.75, 3.05) is 5.32 Å². The highest BCUT2D eigenvalue weighted by atomic mass is 79.9. The topological polar surface area (TPSA) is 38.3 Å². The Balaban J connectivity index is 1.88. The Hall–Kier alpha value is -1.81. The van der Waals surface area contributed by atoms with Crippen molar-refractivity contribution in [3.63, 3.8) is 0 Å². The van der Waals surface area contributed by atoms with Crippen LogP contribution in [0.25, 0.3) is 0 Å². The SMILES string of the molecule is CCCCc1ccc(NC(=O)[C@H](C)Oc2ccc(Br)cc2)cc1. The van der Waals surface area contributed by atoms with E-state index in [1.165, 1.54) is 18.4 Å². The average molecular weight is 376 g/mol. The summed E-state index contributed by atoms with van der Waals surface area (Å²) in [5.41, 5.74) is 2.09. The zero-order valence-electron chi connectivity index (χ0n) is 13.5. The van der Waals surface area contributed by atoms with Gasteiger partial charge in [0.05, 0.1) is 0 Å². The molecule has 1 atom stereocenters. The van der Waals surface area contributed by atoms with Crippen LogP contribution >= 0.6 is 15.9 Å². The zero-order chi connectivity index (χ0) is 16.7. The van der Waals surface area contributed by atoms with Crippen molar-refractivity contribution in [2.24, 2.45) is 0 Å². The third-order valence-corrected chi connectivity index (χ3v) is 4.06. The molecule has 2 aromatic carbocycles. The molecule has 0 radical (unpaired) electrons. The first-order valence-corrected chi connectivity index (χ1v) is 8.70. The minimum atomic E-state index is -0.559. The van der Waals surface area contributed by atoms with E-state index in [9.17, 15) is 4.79 Å². The summed E-state index contributed by atoms with van der Waals surface area (Å²) in [5, 5.41) is 2.88. The first-order valence-electron chi connectivity index (χ1n) is 7.90. The number of amides is 1. The molecule has 0 bridgehead atoms. The summed E-state index contributed by atoms with van der Waals surface area (Å²) >= 11 is 3.37. The third-order valence-electron chi connectivity index (χ3n) is 3.54. The Kier molecular flexibility index (Phi) is 6.66. The molecular formula is C19H22BrNO2. The molecule has 0 aromatic heterocycles. The lowest BCUT2D eigenvalue weighted by molar-refractivity contribution is -0.122. The number of ether oxygens (including phenoxy) is 1. The Bertz CT molecular complexity index is 623. The number of anilines is 1. The molecule has 2 rings (SSSR count). The molecule has 2 aromatic rings. The van der Waals surface area contributed by atoms with Gasteiger partial charge >= 0.3 is 0 Å². The molecule has 4 heteroatoms. The van der Waals surface area contributed by atoms with Gasteiger partial charge in [-0.2, -0.15) is 0 Å². The summed E-state index contributed by atoms with van der Waals surface area (Å²) in [5.74, 6) is 0.514. The fraction of sp³-hybridized carbons (Fsp3) is 0.316. The Morgan fingerprint density at radius 1 is 1.13 bits per heavy atom. The van der Waals surface area contributed by atoms with Gasteiger partial charge in [0.2, 0.25) is 0 Å². The van der Waals surface area contributed by atoms with E-state index in [4.69, 9.17) is 4.74 Å². The van der Waals surface area contributed by atoms with Gasteiger partial charge in [0.1, 0.15) is 5.75 Å². The number of rotatable bonds is 7. The van der Waals surface area contributed by atoms with Crippen molar-refractivity contribution >= 4 is 27.5 Å². The van der Waals surface area contributed by atoms with Crippen LogP contribution in [0.2, 0.25) is 0 Å². The lowest BCUT2D eigenvalue weighted by Gasteiger charge is -2.15. The standard InChI is InChI=1S/C19H22BrNO2/c1-3-4-5-15-6-10-17(11-7-15)21-19(22)14(2)23-18-12-8-16(20)9-13-18/h6-14H,3-5H2,1-2H3,(H,21,22)/t14-/m0/s1. The second-order valence-corrected chi connectivity index (χ2v) is 6.42. The predicted molar refractivity (Wildman–Crippen MR) is 97.9 cm³/mol. The van der Waals surface area contributed by atoms with E-state index in [2.05, 4.69) is 40.3 Å². The van der Waals surface area contributed by atoms with Gasteiger partial charge in [-0.25, -0.2) is 0 Å². The minimum absolute atomic E-state index is 0.158.